The van der Waals surface area contributed by atoms with Crippen LogP contribution in [0.4, 0.5) is 0 Å². The Labute approximate surface area is 154 Å². The van der Waals surface area contributed by atoms with E-state index < -0.39 is 12.4 Å². The lowest BCUT2D eigenvalue weighted by Crippen LogP contribution is -2.32. The molecule has 0 heterocycles. The van der Waals surface area contributed by atoms with E-state index in [1.165, 1.54) is 44.9 Å². The first kappa shape index (κ1) is 22.4. The molecule has 3 heteroatoms. The van der Waals surface area contributed by atoms with Crippen LogP contribution in [0.3, 0.4) is 0 Å². The second-order valence-electron chi connectivity index (χ2n) is 7.99. The van der Waals surface area contributed by atoms with E-state index in [4.69, 9.17) is 5.11 Å². The van der Waals surface area contributed by atoms with E-state index in [1.54, 1.807) is 0 Å². The molecule has 3 atom stereocenters. The Hall–Kier alpha value is -0.640. The standard InChI is InChI=1S/C22H40O3/c1-3-11-19(2)12-7-8-14-21-16-10-15-20(21)13-6-4-5-9-17-22(24,25)18-23/h8,10,14,16,19-21,23-25H,3-7,9,11-13,15,17-18H2,1-2H3/t19?,20-,21-/m0/s1. The predicted molar refractivity (Wildman–Crippen MR) is 105 cm³/mol. The summed E-state index contributed by atoms with van der Waals surface area (Å²) in [5.74, 6) is 0.307. The topological polar surface area (TPSA) is 60.7 Å². The van der Waals surface area contributed by atoms with Crippen LogP contribution in [0, 0.1) is 17.8 Å². The second kappa shape index (κ2) is 12.7. The molecule has 0 fully saturated rings. The molecular formula is C22H40O3. The summed E-state index contributed by atoms with van der Waals surface area (Å²) in [6.07, 6.45) is 21.4. The van der Waals surface area contributed by atoms with Gasteiger partial charge < -0.3 is 15.3 Å². The van der Waals surface area contributed by atoms with Crippen molar-refractivity contribution in [3.05, 3.63) is 24.3 Å². The van der Waals surface area contributed by atoms with Crippen LogP contribution in [-0.2, 0) is 0 Å². The average molecular weight is 353 g/mol. The van der Waals surface area contributed by atoms with E-state index in [2.05, 4.69) is 38.2 Å². The molecule has 0 aliphatic heterocycles. The molecule has 1 aliphatic carbocycles. The van der Waals surface area contributed by atoms with Crippen molar-refractivity contribution in [2.24, 2.45) is 17.8 Å². The molecule has 0 saturated carbocycles. The Morgan fingerprint density at radius 3 is 2.64 bits per heavy atom. The highest BCUT2D eigenvalue weighted by Crippen LogP contribution is 2.31. The van der Waals surface area contributed by atoms with Gasteiger partial charge >= 0.3 is 0 Å². The summed E-state index contributed by atoms with van der Waals surface area (Å²) in [6, 6.07) is 0. The lowest BCUT2D eigenvalue weighted by Gasteiger charge is -2.19. The largest absolute Gasteiger partial charge is 0.391 e. The molecule has 3 nitrogen and oxygen atoms in total. The molecular weight excluding hydrogens is 312 g/mol. The van der Waals surface area contributed by atoms with Crippen molar-refractivity contribution in [1.82, 2.24) is 0 Å². The summed E-state index contributed by atoms with van der Waals surface area (Å²) < 4.78 is 0. The fourth-order valence-corrected chi connectivity index (χ4v) is 3.77. The summed E-state index contributed by atoms with van der Waals surface area (Å²) in [6.45, 7) is 4.04. The molecule has 0 radical (unpaired) electrons. The third-order valence-electron chi connectivity index (χ3n) is 5.46. The van der Waals surface area contributed by atoms with Gasteiger partial charge in [0, 0.05) is 6.42 Å². The predicted octanol–water partition coefficient (Wildman–Crippen LogP) is 4.97. The smallest absolute Gasteiger partial charge is 0.186 e. The molecule has 146 valence electrons. The molecule has 3 N–H and O–H groups in total. The van der Waals surface area contributed by atoms with Gasteiger partial charge in [-0.15, -0.1) is 0 Å². The van der Waals surface area contributed by atoms with Crippen molar-refractivity contribution in [1.29, 1.82) is 0 Å². The maximum atomic E-state index is 9.34. The van der Waals surface area contributed by atoms with Crippen LogP contribution in [0.2, 0.25) is 0 Å². The zero-order valence-electron chi connectivity index (χ0n) is 16.4. The number of rotatable bonds is 14. The number of aliphatic hydroxyl groups excluding tert-OH is 1. The zero-order chi connectivity index (χ0) is 18.5. The van der Waals surface area contributed by atoms with E-state index in [0.29, 0.717) is 5.92 Å². The van der Waals surface area contributed by atoms with Crippen molar-refractivity contribution in [3.8, 4) is 0 Å². The Morgan fingerprint density at radius 2 is 1.92 bits per heavy atom. The van der Waals surface area contributed by atoms with Crippen molar-refractivity contribution < 1.29 is 15.3 Å². The number of hydrogen-bond donors (Lipinski definition) is 3. The van der Waals surface area contributed by atoms with Crippen LogP contribution >= 0.6 is 0 Å². The van der Waals surface area contributed by atoms with Gasteiger partial charge in [-0.05, 0) is 49.9 Å². The summed E-state index contributed by atoms with van der Waals surface area (Å²) in [7, 11) is 0. The highest BCUT2D eigenvalue weighted by Gasteiger charge is 2.21. The zero-order valence-corrected chi connectivity index (χ0v) is 16.4. The van der Waals surface area contributed by atoms with Gasteiger partial charge in [0.25, 0.3) is 0 Å². The number of allylic oxidation sites excluding steroid dienone is 4. The van der Waals surface area contributed by atoms with Gasteiger partial charge in [0.15, 0.2) is 5.79 Å². The third kappa shape index (κ3) is 10.2. The van der Waals surface area contributed by atoms with Crippen molar-refractivity contribution >= 4 is 0 Å². The molecule has 1 rings (SSSR count). The van der Waals surface area contributed by atoms with Gasteiger partial charge in [-0.3, -0.25) is 0 Å². The van der Waals surface area contributed by atoms with Gasteiger partial charge in [0.2, 0.25) is 0 Å². The minimum absolute atomic E-state index is 0.260. The summed E-state index contributed by atoms with van der Waals surface area (Å²) in [4.78, 5) is 0. The van der Waals surface area contributed by atoms with Gasteiger partial charge in [0.1, 0.15) is 0 Å². The van der Waals surface area contributed by atoms with Crippen molar-refractivity contribution in [2.45, 2.75) is 90.3 Å². The number of aliphatic hydroxyl groups is 3. The minimum atomic E-state index is -1.89. The molecule has 0 spiro atoms. The van der Waals surface area contributed by atoms with Crippen LogP contribution in [-0.4, -0.2) is 27.7 Å². The fourth-order valence-electron chi connectivity index (χ4n) is 3.77. The van der Waals surface area contributed by atoms with Gasteiger partial charge in [-0.25, -0.2) is 0 Å². The first-order valence-corrected chi connectivity index (χ1v) is 10.4. The van der Waals surface area contributed by atoms with E-state index in [9.17, 15) is 10.2 Å². The van der Waals surface area contributed by atoms with Gasteiger partial charge in [0.05, 0.1) is 6.61 Å². The molecule has 0 aromatic heterocycles. The quantitative estimate of drug-likeness (QED) is 0.235. The normalized spacial score (nSPS) is 22.1. The minimum Gasteiger partial charge on any atom is -0.391 e. The highest BCUT2D eigenvalue weighted by atomic mass is 16.5. The molecule has 1 aliphatic rings. The Kier molecular flexibility index (Phi) is 11.4. The van der Waals surface area contributed by atoms with Gasteiger partial charge in [-0.2, -0.15) is 0 Å². The molecule has 0 aromatic carbocycles. The molecule has 0 amide bonds. The van der Waals surface area contributed by atoms with Crippen LogP contribution in [0.5, 0.6) is 0 Å². The molecule has 1 unspecified atom stereocenters. The highest BCUT2D eigenvalue weighted by molar-refractivity contribution is 5.09. The number of hydrogen-bond acceptors (Lipinski definition) is 3. The molecule has 0 saturated heterocycles. The maximum Gasteiger partial charge on any atom is 0.186 e. The first-order valence-electron chi connectivity index (χ1n) is 10.4. The van der Waals surface area contributed by atoms with Crippen LogP contribution in [0.15, 0.2) is 24.3 Å². The monoisotopic (exact) mass is 352 g/mol. The van der Waals surface area contributed by atoms with Crippen molar-refractivity contribution in [3.63, 3.8) is 0 Å². The average Bonchev–Trinajstić information content (AvgIpc) is 3.02. The Balaban J connectivity index is 2.13. The lowest BCUT2D eigenvalue weighted by molar-refractivity contribution is -0.191. The molecule has 25 heavy (non-hydrogen) atoms. The SMILES string of the molecule is CCCC(C)CCC=C[C@H]1C=CC[C@@H]1CCCCCCC(O)(O)CO. The van der Waals surface area contributed by atoms with E-state index in [-0.39, 0.29) is 6.42 Å². The molecule has 0 aromatic rings. The molecule has 0 bridgehead atoms. The third-order valence-corrected chi connectivity index (χ3v) is 5.46. The summed E-state index contributed by atoms with van der Waals surface area (Å²) in [5.41, 5.74) is 0. The van der Waals surface area contributed by atoms with Crippen LogP contribution in [0.1, 0.15) is 84.5 Å². The van der Waals surface area contributed by atoms with E-state index in [0.717, 1.165) is 31.1 Å². The summed E-state index contributed by atoms with van der Waals surface area (Å²) in [5, 5.41) is 27.5. The first-order chi connectivity index (χ1) is 12.0. The van der Waals surface area contributed by atoms with E-state index in [1.807, 2.05) is 0 Å². The van der Waals surface area contributed by atoms with Crippen LogP contribution in [0.25, 0.3) is 0 Å². The Bertz CT molecular complexity index is 387. The van der Waals surface area contributed by atoms with Gasteiger partial charge in [-0.1, -0.05) is 70.3 Å². The lowest BCUT2D eigenvalue weighted by atomic mass is 9.89. The van der Waals surface area contributed by atoms with E-state index >= 15 is 0 Å². The maximum absolute atomic E-state index is 9.34. The van der Waals surface area contributed by atoms with Crippen LogP contribution < -0.4 is 0 Å². The fraction of sp³-hybridized carbons (Fsp3) is 0.818. The van der Waals surface area contributed by atoms with Crippen molar-refractivity contribution in [2.75, 3.05) is 6.61 Å². The second-order valence-corrected chi connectivity index (χ2v) is 7.99. The number of unbranched alkanes of at least 4 members (excludes halogenated alkanes) is 3. The Morgan fingerprint density at radius 1 is 1.16 bits per heavy atom. The summed E-state index contributed by atoms with van der Waals surface area (Å²) >= 11 is 0.